The van der Waals surface area contributed by atoms with E-state index in [9.17, 15) is 8.42 Å². The highest BCUT2D eigenvalue weighted by Gasteiger charge is 2.18. The molecule has 3 heterocycles. The third-order valence-corrected chi connectivity index (χ3v) is 8.19. The molecule has 0 fully saturated rings. The number of sulfonamides is 1. The Morgan fingerprint density at radius 2 is 1.76 bits per heavy atom. The van der Waals surface area contributed by atoms with Crippen molar-refractivity contribution in [2.75, 3.05) is 32.6 Å². The molecule has 0 spiro atoms. The lowest BCUT2D eigenvalue weighted by molar-refractivity contribution is 0.414. The van der Waals surface area contributed by atoms with Gasteiger partial charge in [0.15, 0.2) is 4.96 Å². The number of aromatic nitrogens is 3. The van der Waals surface area contributed by atoms with E-state index in [0.717, 1.165) is 33.2 Å². The second-order valence-electron chi connectivity index (χ2n) is 8.38. The SMILES string of the molecule is COc1ccc(S(=O)(=O)NCCCNc2cc(-c3c(-c4cccc(OC)c4)nc4sccn34)ccn2)cc1. The van der Waals surface area contributed by atoms with Crippen LogP contribution in [0.2, 0.25) is 0 Å². The smallest absolute Gasteiger partial charge is 0.240 e. The van der Waals surface area contributed by atoms with E-state index in [1.165, 1.54) is 19.2 Å². The monoisotopic (exact) mass is 549 g/mol. The van der Waals surface area contributed by atoms with Gasteiger partial charge in [-0.2, -0.15) is 0 Å². The number of nitrogens with zero attached hydrogens (tertiary/aromatic N) is 3. The molecule has 0 saturated heterocycles. The molecule has 0 saturated carbocycles. The van der Waals surface area contributed by atoms with E-state index < -0.39 is 10.0 Å². The highest BCUT2D eigenvalue weighted by Crippen LogP contribution is 2.36. The average Bonchev–Trinajstić information content (AvgIpc) is 3.55. The van der Waals surface area contributed by atoms with E-state index in [1.54, 1.807) is 36.8 Å². The summed E-state index contributed by atoms with van der Waals surface area (Å²) in [4.78, 5) is 10.4. The molecule has 2 N–H and O–H groups in total. The molecule has 0 aliphatic heterocycles. The molecule has 0 radical (unpaired) electrons. The molecule has 5 aromatic rings. The van der Waals surface area contributed by atoms with Crippen LogP contribution in [0, 0.1) is 0 Å². The van der Waals surface area contributed by atoms with Crippen LogP contribution in [-0.4, -0.2) is 50.1 Å². The minimum Gasteiger partial charge on any atom is -0.497 e. The zero-order valence-electron chi connectivity index (χ0n) is 20.9. The predicted molar refractivity (Wildman–Crippen MR) is 150 cm³/mol. The number of hydrogen-bond donors (Lipinski definition) is 2. The van der Waals surface area contributed by atoms with Crippen LogP contribution in [-0.2, 0) is 10.0 Å². The minimum atomic E-state index is -3.58. The molecule has 0 unspecified atom stereocenters. The van der Waals surface area contributed by atoms with Crippen molar-refractivity contribution >= 4 is 32.1 Å². The summed E-state index contributed by atoms with van der Waals surface area (Å²) in [5.74, 6) is 2.07. The Labute approximate surface area is 225 Å². The summed E-state index contributed by atoms with van der Waals surface area (Å²) >= 11 is 1.57. The van der Waals surface area contributed by atoms with Gasteiger partial charge in [0, 0.05) is 42.0 Å². The van der Waals surface area contributed by atoms with Crippen LogP contribution in [0.3, 0.4) is 0 Å². The molecule has 0 aliphatic carbocycles. The van der Waals surface area contributed by atoms with Gasteiger partial charge in [-0.1, -0.05) is 12.1 Å². The maximum atomic E-state index is 12.5. The minimum absolute atomic E-state index is 0.202. The lowest BCUT2D eigenvalue weighted by Crippen LogP contribution is -2.26. The van der Waals surface area contributed by atoms with Crippen molar-refractivity contribution in [1.29, 1.82) is 0 Å². The fourth-order valence-electron chi connectivity index (χ4n) is 4.06. The largest absolute Gasteiger partial charge is 0.497 e. The molecule has 38 heavy (non-hydrogen) atoms. The van der Waals surface area contributed by atoms with Gasteiger partial charge in [0.2, 0.25) is 10.0 Å². The fourth-order valence-corrected chi connectivity index (χ4v) is 5.85. The Morgan fingerprint density at radius 1 is 0.947 bits per heavy atom. The molecule has 3 aromatic heterocycles. The lowest BCUT2D eigenvalue weighted by atomic mass is 10.1. The average molecular weight is 550 g/mol. The van der Waals surface area contributed by atoms with E-state index in [2.05, 4.69) is 19.4 Å². The summed E-state index contributed by atoms with van der Waals surface area (Å²) < 4.78 is 40.2. The molecular weight excluding hydrogens is 522 g/mol. The van der Waals surface area contributed by atoms with Crippen molar-refractivity contribution in [2.45, 2.75) is 11.3 Å². The number of methoxy groups -OCH3 is 2. The Bertz CT molecular complexity index is 1650. The number of thiazole rings is 1. The summed E-state index contributed by atoms with van der Waals surface area (Å²) in [7, 11) is -0.397. The third-order valence-electron chi connectivity index (χ3n) is 5.96. The Kier molecular flexibility index (Phi) is 7.59. The van der Waals surface area contributed by atoms with Gasteiger partial charge in [0.05, 0.1) is 30.5 Å². The number of rotatable bonds is 11. The van der Waals surface area contributed by atoms with Crippen molar-refractivity contribution in [2.24, 2.45) is 0 Å². The number of nitrogens with one attached hydrogen (secondary N) is 2. The second kappa shape index (κ2) is 11.2. The van der Waals surface area contributed by atoms with E-state index in [0.29, 0.717) is 31.1 Å². The number of hydrogen-bond acceptors (Lipinski definition) is 8. The van der Waals surface area contributed by atoms with Crippen molar-refractivity contribution in [3.05, 3.63) is 78.4 Å². The zero-order chi connectivity index (χ0) is 26.5. The van der Waals surface area contributed by atoms with E-state index in [4.69, 9.17) is 14.5 Å². The van der Waals surface area contributed by atoms with E-state index in [1.807, 2.05) is 48.0 Å². The molecule has 0 aliphatic rings. The lowest BCUT2D eigenvalue weighted by Gasteiger charge is -2.10. The first kappa shape index (κ1) is 25.7. The highest BCUT2D eigenvalue weighted by molar-refractivity contribution is 7.89. The van der Waals surface area contributed by atoms with Crippen LogP contribution in [0.25, 0.3) is 27.5 Å². The molecule has 11 heteroatoms. The Balaban J connectivity index is 1.27. The molecule has 0 amide bonds. The van der Waals surface area contributed by atoms with Gasteiger partial charge in [-0.15, -0.1) is 11.3 Å². The second-order valence-corrected chi connectivity index (χ2v) is 11.0. The van der Waals surface area contributed by atoms with Crippen LogP contribution in [0.5, 0.6) is 11.5 Å². The molecule has 9 nitrogen and oxygen atoms in total. The topological polar surface area (TPSA) is 107 Å². The number of ether oxygens (including phenoxy) is 2. The van der Waals surface area contributed by atoms with Gasteiger partial charge in [0.1, 0.15) is 17.3 Å². The first-order valence-corrected chi connectivity index (χ1v) is 14.3. The zero-order valence-corrected chi connectivity index (χ0v) is 22.6. The summed E-state index contributed by atoms with van der Waals surface area (Å²) in [6.45, 7) is 0.837. The molecular formula is C27H27N5O4S2. The predicted octanol–water partition coefficient (Wildman–Crippen LogP) is 4.92. The highest BCUT2D eigenvalue weighted by atomic mass is 32.2. The molecule has 0 atom stereocenters. The first-order valence-electron chi connectivity index (χ1n) is 11.9. The van der Waals surface area contributed by atoms with E-state index in [-0.39, 0.29) is 4.90 Å². The van der Waals surface area contributed by atoms with Crippen LogP contribution in [0.15, 0.2) is 83.3 Å². The summed E-state index contributed by atoms with van der Waals surface area (Å²) in [5, 5.41) is 5.31. The van der Waals surface area contributed by atoms with Crippen molar-refractivity contribution < 1.29 is 17.9 Å². The maximum absolute atomic E-state index is 12.5. The summed E-state index contributed by atoms with van der Waals surface area (Å²) in [6, 6.07) is 18.1. The number of fused-ring (bicyclic) bond motifs is 1. The Hall–Kier alpha value is -3.93. The third kappa shape index (κ3) is 5.49. The van der Waals surface area contributed by atoms with E-state index >= 15 is 0 Å². The number of anilines is 1. The number of pyridine rings is 1. The standard InChI is InChI=1S/C27H27N5O4S2/c1-35-21-7-9-23(10-8-21)38(33,34)30-13-4-12-28-24-18-20(11-14-29-24)26-25(31-27-32(26)15-16-37-27)19-5-3-6-22(17-19)36-2/h3,5-11,14-18,30H,4,12-13H2,1-2H3,(H,28,29). The van der Waals surface area contributed by atoms with Gasteiger partial charge in [-0.05, 0) is 55.0 Å². The van der Waals surface area contributed by atoms with Crippen LogP contribution in [0.4, 0.5) is 5.82 Å². The molecule has 0 bridgehead atoms. The summed E-state index contributed by atoms with van der Waals surface area (Å²) in [5.41, 5.74) is 3.75. The molecule has 2 aromatic carbocycles. The van der Waals surface area contributed by atoms with Crippen LogP contribution in [0.1, 0.15) is 6.42 Å². The fraction of sp³-hybridized carbons (Fsp3) is 0.185. The number of imidazole rings is 1. The normalized spacial score (nSPS) is 11.5. The molecule has 196 valence electrons. The van der Waals surface area contributed by atoms with Crippen LogP contribution < -0.4 is 19.5 Å². The van der Waals surface area contributed by atoms with Gasteiger partial charge in [0.25, 0.3) is 0 Å². The van der Waals surface area contributed by atoms with Crippen molar-refractivity contribution in [3.63, 3.8) is 0 Å². The summed E-state index contributed by atoms with van der Waals surface area (Å²) in [6.07, 6.45) is 4.34. The van der Waals surface area contributed by atoms with Gasteiger partial charge in [-0.3, -0.25) is 4.40 Å². The van der Waals surface area contributed by atoms with Gasteiger partial charge < -0.3 is 14.8 Å². The quantitative estimate of drug-likeness (QED) is 0.225. The molecule has 5 rings (SSSR count). The van der Waals surface area contributed by atoms with Crippen molar-refractivity contribution in [3.8, 4) is 34.0 Å². The van der Waals surface area contributed by atoms with Crippen molar-refractivity contribution in [1.82, 2.24) is 19.1 Å². The van der Waals surface area contributed by atoms with Gasteiger partial charge >= 0.3 is 0 Å². The first-order chi connectivity index (χ1) is 18.5. The Morgan fingerprint density at radius 3 is 2.55 bits per heavy atom. The maximum Gasteiger partial charge on any atom is 0.240 e. The van der Waals surface area contributed by atoms with Crippen LogP contribution >= 0.6 is 11.3 Å². The van der Waals surface area contributed by atoms with Gasteiger partial charge in [-0.25, -0.2) is 23.1 Å². The number of benzene rings is 2.